The summed E-state index contributed by atoms with van der Waals surface area (Å²) in [4.78, 5) is 40.0. The number of nitrogens with one attached hydrogen (secondary N) is 1. The van der Waals surface area contributed by atoms with E-state index >= 15 is 0 Å². The highest BCUT2D eigenvalue weighted by molar-refractivity contribution is 5.93. The summed E-state index contributed by atoms with van der Waals surface area (Å²) in [6, 6.07) is 7.33. The molecule has 2 rings (SSSR count). The zero-order valence-corrected chi connectivity index (χ0v) is 23.7. The van der Waals surface area contributed by atoms with Gasteiger partial charge < -0.3 is 15.0 Å². The van der Waals surface area contributed by atoms with Crippen molar-refractivity contribution in [1.29, 1.82) is 0 Å². The smallest absolute Gasteiger partial charge is 0.308 e. The molecule has 1 aromatic rings. The van der Waals surface area contributed by atoms with Crippen LogP contribution in [0.1, 0.15) is 115 Å². The third-order valence-electron chi connectivity index (χ3n) is 7.23. The van der Waals surface area contributed by atoms with E-state index < -0.39 is 12.0 Å². The molecule has 0 aromatic heterocycles. The SMILES string of the molecule is CCCCCCCCCCCCOC(=O)CC1C(=O)NCCN1C(=O)C(C)c1ccc(CC(C)C)cc1. The van der Waals surface area contributed by atoms with Gasteiger partial charge in [0.2, 0.25) is 11.8 Å². The fraction of sp³-hybridized carbons (Fsp3) is 0.710. The van der Waals surface area contributed by atoms with Gasteiger partial charge in [0.15, 0.2) is 0 Å². The Balaban J connectivity index is 1.76. The van der Waals surface area contributed by atoms with Crippen LogP contribution in [0.2, 0.25) is 0 Å². The first-order valence-corrected chi connectivity index (χ1v) is 14.7. The molecule has 1 saturated heterocycles. The second-order valence-electron chi connectivity index (χ2n) is 11.0. The first kappa shape index (κ1) is 30.9. The average molecular weight is 515 g/mol. The Labute approximate surface area is 224 Å². The van der Waals surface area contributed by atoms with E-state index in [2.05, 4.69) is 38.2 Å². The number of esters is 1. The van der Waals surface area contributed by atoms with Crippen molar-refractivity contribution in [2.24, 2.45) is 5.92 Å². The van der Waals surface area contributed by atoms with E-state index in [0.29, 0.717) is 25.6 Å². The van der Waals surface area contributed by atoms with Crippen molar-refractivity contribution < 1.29 is 19.1 Å². The number of carbonyl (C=O) groups excluding carboxylic acids is 3. The highest BCUT2D eigenvalue weighted by Gasteiger charge is 2.37. The van der Waals surface area contributed by atoms with Gasteiger partial charge in [-0.3, -0.25) is 14.4 Å². The monoisotopic (exact) mass is 514 g/mol. The quantitative estimate of drug-likeness (QED) is 0.199. The molecule has 1 aromatic carbocycles. The van der Waals surface area contributed by atoms with Gasteiger partial charge in [0.1, 0.15) is 6.04 Å². The Morgan fingerprint density at radius 1 is 0.946 bits per heavy atom. The molecule has 1 fully saturated rings. The first-order chi connectivity index (χ1) is 17.8. The number of hydrogen-bond donors (Lipinski definition) is 1. The van der Waals surface area contributed by atoms with Gasteiger partial charge in [0.25, 0.3) is 0 Å². The van der Waals surface area contributed by atoms with E-state index in [4.69, 9.17) is 4.74 Å². The summed E-state index contributed by atoms with van der Waals surface area (Å²) in [5, 5.41) is 2.80. The first-order valence-electron chi connectivity index (χ1n) is 14.7. The maximum Gasteiger partial charge on any atom is 0.308 e. The van der Waals surface area contributed by atoms with Crippen molar-refractivity contribution >= 4 is 17.8 Å². The Hall–Kier alpha value is -2.37. The van der Waals surface area contributed by atoms with Crippen molar-refractivity contribution in [3.63, 3.8) is 0 Å². The average Bonchev–Trinajstić information content (AvgIpc) is 2.87. The second-order valence-corrected chi connectivity index (χ2v) is 11.0. The van der Waals surface area contributed by atoms with Crippen molar-refractivity contribution in [1.82, 2.24) is 10.2 Å². The van der Waals surface area contributed by atoms with Crippen LogP contribution in [0.15, 0.2) is 24.3 Å². The lowest BCUT2D eigenvalue weighted by Crippen LogP contribution is -2.58. The molecule has 2 amide bonds. The molecule has 1 heterocycles. The van der Waals surface area contributed by atoms with Gasteiger partial charge in [0.05, 0.1) is 18.9 Å². The van der Waals surface area contributed by atoms with E-state index in [1.807, 2.05) is 19.1 Å². The minimum Gasteiger partial charge on any atom is -0.466 e. The van der Waals surface area contributed by atoms with Gasteiger partial charge in [-0.05, 0) is 36.8 Å². The van der Waals surface area contributed by atoms with E-state index in [-0.39, 0.29) is 24.2 Å². The number of carbonyl (C=O) groups is 3. The molecular weight excluding hydrogens is 464 g/mol. The highest BCUT2D eigenvalue weighted by Crippen LogP contribution is 2.23. The number of nitrogens with zero attached hydrogens (tertiary/aromatic N) is 1. The third kappa shape index (κ3) is 11.3. The molecule has 2 unspecified atom stereocenters. The fourth-order valence-electron chi connectivity index (χ4n) is 4.98. The van der Waals surface area contributed by atoms with Gasteiger partial charge >= 0.3 is 5.97 Å². The molecule has 0 spiro atoms. The van der Waals surface area contributed by atoms with Crippen LogP contribution in [0.4, 0.5) is 0 Å². The molecule has 208 valence electrons. The molecule has 2 atom stereocenters. The number of hydrogen-bond acceptors (Lipinski definition) is 4. The summed E-state index contributed by atoms with van der Waals surface area (Å²) in [7, 11) is 0. The maximum atomic E-state index is 13.4. The predicted octanol–water partition coefficient (Wildman–Crippen LogP) is 6.17. The molecule has 0 bridgehead atoms. The van der Waals surface area contributed by atoms with Crippen LogP contribution in [0.25, 0.3) is 0 Å². The molecule has 37 heavy (non-hydrogen) atoms. The van der Waals surface area contributed by atoms with E-state index in [0.717, 1.165) is 31.2 Å². The summed E-state index contributed by atoms with van der Waals surface area (Å²) in [5.74, 6) is -0.637. The third-order valence-corrected chi connectivity index (χ3v) is 7.23. The summed E-state index contributed by atoms with van der Waals surface area (Å²) >= 11 is 0. The Morgan fingerprint density at radius 2 is 1.54 bits per heavy atom. The van der Waals surface area contributed by atoms with Crippen molar-refractivity contribution in [2.45, 2.75) is 117 Å². The Bertz CT molecular complexity index is 821. The summed E-state index contributed by atoms with van der Waals surface area (Å²) in [6.45, 7) is 9.64. The van der Waals surface area contributed by atoms with Crippen molar-refractivity contribution in [3.8, 4) is 0 Å². The minimum atomic E-state index is -0.816. The molecule has 0 aliphatic carbocycles. The molecule has 1 aliphatic heterocycles. The van der Waals surface area contributed by atoms with Crippen LogP contribution in [-0.4, -0.2) is 48.4 Å². The highest BCUT2D eigenvalue weighted by atomic mass is 16.5. The summed E-state index contributed by atoms with van der Waals surface area (Å²) < 4.78 is 5.43. The zero-order chi connectivity index (χ0) is 27.0. The lowest BCUT2D eigenvalue weighted by molar-refractivity contribution is -0.152. The van der Waals surface area contributed by atoms with Crippen LogP contribution < -0.4 is 5.32 Å². The topological polar surface area (TPSA) is 75.7 Å². The van der Waals surface area contributed by atoms with E-state index in [1.165, 1.54) is 50.5 Å². The molecule has 1 aliphatic rings. The largest absolute Gasteiger partial charge is 0.466 e. The Morgan fingerprint density at radius 3 is 2.14 bits per heavy atom. The minimum absolute atomic E-state index is 0.102. The molecule has 0 radical (unpaired) electrons. The summed E-state index contributed by atoms with van der Waals surface area (Å²) in [6.07, 6.45) is 13.1. The van der Waals surface area contributed by atoms with E-state index in [1.54, 1.807) is 4.90 Å². The molecule has 0 saturated carbocycles. The van der Waals surface area contributed by atoms with E-state index in [9.17, 15) is 14.4 Å². The van der Waals surface area contributed by atoms with Gasteiger partial charge in [-0.25, -0.2) is 0 Å². The number of rotatable bonds is 17. The van der Waals surface area contributed by atoms with Crippen LogP contribution in [0.3, 0.4) is 0 Å². The lowest BCUT2D eigenvalue weighted by Gasteiger charge is -2.36. The lowest BCUT2D eigenvalue weighted by atomic mass is 9.95. The van der Waals surface area contributed by atoms with Gasteiger partial charge in [-0.1, -0.05) is 103 Å². The number of benzene rings is 1. The molecule has 6 nitrogen and oxygen atoms in total. The van der Waals surface area contributed by atoms with Gasteiger partial charge in [-0.15, -0.1) is 0 Å². The molecular formula is C31H50N2O4. The molecule has 1 N–H and O–H groups in total. The fourth-order valence-corrected chi connectivity index (χ4v) is 4.98. The standard InChI is InChI=1S/C31H50N2O4/c1-5-6-7-8-9-10-11-12-13-14-21-37-29(34)23-28-30(35)32-19-20-33(28)31(36)25(4)27-17-15-26(16-18-27)22-24(2)3/h15-18,24-25,28H,5-14,19-23H2,1-4H3,(H,32,35). The number of unbranched alkanes of at least 4 members (excludes halogenated alkanes) is 9. The predicted molar refractivity (Wildman–Crippen MR) is 149 cm³/mol. The van der Waals surface area contributed by atoms with Crippen LogP contribution in [-0.2, 0) is 25.5 Å². The number of ether oxygens (including phenoxy) is 1. The number of piperazine rings is 1. The normalized spacial score (nSPS) is 16.5. The van der Waals surface area contributed by atoms with Gasteiger partial charge in [0, 0.05) is 13.1 Å². The van der Waals surface area contributed by atoms with Crippen molar-refractivity contribution in [3.05, 3.63) is 35.4 Å². The molecule has 6 heteroatoms. The van der Waals surface area contributed by atoms with Crippen LogP contribution >= 0.6 is 0 Å². The second kappa shape index (κ2) is 17.2. The zero-order valence-electron chi connectivity index (χ0n) is 23.7. The summed E-state index contributed by atoms with van der Waals surface area (Å²) in [5.41, 5.74) is 2.17. The number of amides is 2. The maximum absolute atomic E-state index is 13.4. The Kier molecular flexibility index (Phi) is 14.3. The van der Waals surface area contributed by atoms with Crippen LogP contribution in [0.5, 0.6) is 0 Å². The van der Waals surface area contributed by atoms with Gasteiger partial charge in [-0.2, -0.15) is 0 Å². The van der Waals surface area contributed by atoms with Crippen LogP contribution in [0, 0.1) is 5.92 Å². The van der Waals surface area contributed by atoms with Crippen molar-refractivity contribution in [2.75, 3.05) is 19.7 Å².